The predicted octanol–water partition coefficient (Wildman–Crippen LogP) is 2.96. The molecule has 0 spiro atoms. The van der Waals surface area contributed by atoms with Gasteiger partial charge in [-0.1, -0.05) is 19.3 Å². The van der Waals surface area contributed by atoms with Crippen LogP contribution in [-0.2, 0) is 0 Å². The van der Waals surface area contributed by atoms with Gasteiger partial charge in [0.15, 0.2) is 0 Å². The zero-order chi connectivity index (χ0) is 15.6. The van der Waals surface area contributed by atoms with Crippen molar-refractivity contribution in [1.82, 2.24) is 9.80 Å². The second-order valence-corrected chi connectivity index (χ2v) is 7.40. The van der Waals surface area contributed by atoms with Crippen molar-refractivity contribution in [3.8, 4) is 0 Å². The number of anilines is 1. The van der Waals surface area contributed by atoms with Gasteiger partial charge in [-0.3, -0.25) is 9.80 Å². The fraction of sp³-hybridized carbons (Fsp3) is 0.684. The summed E-state index contributed by atoms with van der Waals surface area (Å²) in [4.78, 5) is 7.77. The average molecular weight is 317 g/mol. The van der Waals surface area contributed by atoms with E-state index in [-0.39, 0.29) is 5.82 Å². The Balaban J connectivity index is 1.24. The minimum atomic E-state index is -0.148. The van der Waals surface area contributed by atoms with Crippen molar-refractivity contribution >= 4 is 5.69 Å². The lowest BCUT2D eigenvalue weighted by molar-refractivity contribution is -0.00774. The molecule has 3 aliphatic rings. The topological polar surface area (TPSA) is 9.72 Å². The Morgan fingerprint density at radius 1 is 0.739 bits per heavy atom. The Morgan fingerprint density at radius 2 is 1.39 bits per heavy atom. The van der Waals surface area contributed by atoms with Crippen molar-refractivity contribution in [2.45, 2.75) is 44.2 Å². The van der Waals surface area contributed by atoms with Crippen molar-refractivity contribution in [2.24, 2.45) is 0 Å². The summed E-state index contributed by atoms with van der Waals surface area (Å²) in [5.41, 5.74) is 1.16. The second kappa shape index (κ2) is 6.78. The lowest BCUT2D eigenvalue weighted by atomic mass is 9.91. The summed E-state index contributed by atoms with van der Waals surface area (Å²) in [5.74, 6) is -0.148. The van der Waals surface area contributed by atoms with Crippen LogP contribution in [0.25, 0.3) is 0 Å². The summed E-state index contributed by atoms with van der Waals surface area (Å²) in [6, 6.07) is 8.58. The van der Waals surface area contributed by atoms with E-state index in [2.05, 4.69) is 14.7 Å². The SMILES string of the molecule is Fc1ccc(N2CCN(C3CN(C4CCCCC4)C3)CC2)cc1. The van der Waals surface area contributed by atoms with Crippen molar-refractivity contribution in [1.29, 1.82) is 0 Å². The van der Waals surface area contributed by atoms with E-state index in [9.17, 15) is 4.39 Å². The molecule has 0 aromatic heterocycles. The molecule has 3 fully saturated rings. The molecule has 0 amide bonds. The summed E-state index contributed by atoms with van der Waals surface area (Å²) in [6.07, 6.45) is 7.15. The van der Waals surface area contributed by atoms with E-state index in [1.807, 2.05) is 12.1 Å². The molecule has 2 heterocycles. The summed E-state index contributed by atoms with van der Waals surface area (Å²) in [5, 5.41) is 0. The predicted molar refractivity (Wildman–Crippen MR) is 92.4 cm³/mol. The van der Waals surface area contributed by atoms with Gasteiger partial charge in [-0.2, -0.15) is 0 Å². The van der Waals surface area contributed by atoms with Gasteiger partial charge in [0.25, 0.3) is 0 Å². The summed E-state index contributed by atoms with van der Waals surface area (Å²) in [6.45, 7) is 6.96. The molecule has 126 valence electrons. The van der Waals surface area contributed by atoms with Crippen molar-refractivity contribution in [2.75, 3.05) is 44.2 Å². The van der Waals surface area contributed by atoms with Crippen LogP contribution in [0.3, 0.4) is 0 Å². The molecule has 4 heteroatoms. The van der Waals surface area contributed by atoms with E-state index in [1.54, 1.807) is 12.1 Å². The van der Waals surface area contributed by atoms with Crippen LogP contribution in [0.2, 0.25) is 0 Å². The van der Waals surface area contributed by atoms with Crippen LogP contribution in [0.1, 0.15) is 32.1 Å². The molecule has 2 aliphatic heterocycles. The van der Waals surface area contributed by atoms with E-state index in [0.29, 0.717) is 0 Å². The zero-order valence-electron chi connectivity index (χ0n) is 14.0. The van der Waals surface area contributed by atoms with Crippen LogP contribution < -0.4 is 4.90 Å². The zero-order valence-corrected chi connectivity index (χ0v) is 14.0. The maximum absolute atomic E-state index is 13.0. The minimum absolute atomic E-state index is 0.148. The maximum Gasteiger partial charge on any atom is 0.123 e. The highest BCUT2D eigenvalue weighted by atomic mass is 19.1. The van der Waals surface area contributed by atoms with Crippen molar-refractivity contribution in [3.05, 3.63) is 30.1 Å². The highest BCUT2D eigenvalue weighted by Gasteiger charge is 2.37. The highest BCUT2D eigenvalue weighted by Crippen LogP contribution is 2.28. The molecule has 2 saturated heterocycles. The molecule has 4 rings (SSSR count). The van der Waals surface area contributed by atoms with E-state index in [4.69, 9.17) is 0 Å². The minimum Gasteiger partial charge on any atom is -0.369 e. The first-order chi connectivity index (χ1) is 11.3. The molecule has 0 N–H and O–H groups in total. The number of rotatable bonds is 3. The number of piperazine rings is 1. The molecule has 1 aliphatic carbocycles. The second-order valence-electron chi connectivity index (χ2n) is 7.40. The monoisotopic (exact) mass is 317 g/mol. The normalized spacial score (nSPS) is 25.5. The molecule has 0 atom stereocenters. The fourth-order valence-corrected chi connectivity index (χ4v) is 4.46. The number of hydrogen-bond donors (Lipinski definition) is 0. The number of benzene rings is 1. The Morgan fingerprint density at radius 3 is 2.04 bits per heavy atom. The van der Waals surface area contributed by atoms with Gasteiger partial charge in [-0.15, -0.1) is 0 Å². The van der Waals surface area contributed by atoms with Crippen LogP contribution >= 0.6 is 0 Å². The maximum atomic E-state index is 13.0. The third kappa shape index (κ3) is 3.38. The third-order valence-electron chi connectivity index (χ3n) is 6.00. The molecular weight excluding hydrogens is 289 g/mol. The molecule has 23 heavy (non-hydrogen) atoms. The molecule has 3 nitrogen and oxygen atoms in total. The first-order valence-electron chi connectivity index (χ1n) is 9.28. The first kappa shape index (κ1) is 15.4. The van der Waals surface area contributed by atoms with E-state index in [1.165, 1.54) is 45.2 Å². The van der Waals surface area contributed by atoms with Crippen LogP contribution in [0.4, 0.5) is 10.1 Å². The molecular formula is C19H28FN3. The summed E-state index contributed by atoms with van der Waals surface area (Å²) in [7, 11) is 0. The van der Waals surface area contributed by atoms with E-state index < -0.39 is 0 Å². The Hall–Kier alpha value is -1.13. The highest BCUT2D eigenvalue weighted by molar-refractivity contribution is 5.46. The third-order valence-corrected chi connectivity index (χ3v) is 6.00. The average Bonchev–Trinajstić information content (AvgIpc) is 2.56. The Kier molecular flexibility index (Phi) is 4.54. The van der Waals surface area contributed by atoms with Gasteiger partial charge in [-0.05, 0) is 37.1 Å². The first-order valence-corrected chi connectivity index (χ1v) is 9.28. The van der Waals surface area contributed by atoms with E-state index >= 15 is 0 Å². The van der Waals surface area contributed by atoms with Crippen molar-refractivity contribution in [3.63, 3.8) is 0 Å². The quantitative estimate of drug-likeness (QED) is 0.848. The fourth-order valence-electron chi connectivity index (χ4n) is 4.46. The molecule has 0 unspecified atom stereocenters. The van der Waals surface area contributed by atoms with Crippen LogP contribution in [-0.4, -0.2) is 61.2 Å². The van der Waals surface area contributed by atoms with Gasteiger partial charge in [-0.25, -0.2) is 4.39 Å². The Bertz CT molecular complexity index is 498. The standard InChI is InChI=1S/C19H28FN3/c20-16-6-8-18(9-7-16)21-10-12-22(13-11-21)19-14-23(15-19)17-4-2-1-3-5-17/h6-9,17,19H,1-5,10-15H2. The van der Waals surface area contributed by atoms with Gasteiger partial charge in [0.05, 0.1) is 0 Å². The smallest absolute Gasteiger partial charge is 0.123 e. The van der Waals surface area contributed by atoms with Gasteiger partial charge < -0.3 is 4.90 Å². The van der Waals surface area contributed by atoms with Gasteiger partial charge in [0.2, 0.25) is 0 Å². The van der Waals surface area contributed by atoms with Gasteiger partial charge in [0, 0.05) is 57.0 Å². The molecule has 0 radical (unpaired) electrons. The largest absolute Gasteiger partial charge is 0.369 e. The number of likely N-dealkylation sites (tertiary alicyclic amines) is 1. The van der Waals surface area contributed by atoms with Crippen LogP contribution in [0.5, 0.6) is 0 Å². The molecule has 1 aromatic carbocycles. The lowest BCUT2D eigenvalue weighted by Crippen LogP contribution is -2.65. The molecule has 1 saturated carbocycles. The van der Waals surface area contributed by atoms with Gasteiger partial charge in [0.1, 0.15) is 5.82 Å². The Labute approximate surface area is 139 Å². The molecule has 0 bridgehead atoms. The van der Waals surface area contributed by atoms with Crippen LogP contribution in [0.15, 0.2) is 24.3 Å². The number of hydrogen-bond acceptors (Lipinski definition) is 3. The summed E-state index contributed by atoms with van der Waals surface area (Å²) < 4.78 is 13.0. The number of nitrogens with zero attached hydrogens (tertiary/aromatic N) is 3. The van der Waals surface area contributed by atoms with Crippen LogP contribution in [0, 0.1) is 5.82 Å². The van der Waals surface area contributed by atoms with E-state index in [0.717, 1.165) is 44.0 Å². The molecule has 1 aromatic rings. The number of halogens is 1. The van der Waals surface area contributed by atoms with Crippen molar-refractivity contribution < 1.29 is 4.39 Å². The van der Waals surface area contributed by atoms with Gasteiger partial charge >= 0.3 is 0 Å². The lowest BCUT2D eigenvalue weighted by Gasteiger charge is -2.51. The summed E-state index contributed by atoms with van der Waals surface area (Å²) >= 11 is 0.